The van der Waals surface area contributed by atoms with Gasteiger partial charge in [-0.1, -0.05) is 30.3 Å². The monoisotopic (exact) mass is 361 g/mol. The second-order valence-electron chi connectivity index (χ2n) is 7.78. The van der Waals surface area contributed by atoms with E-state index in [4.69, 9.17) is 4.74 Å². The van der Waals surface area contributed by atoms with E-state index in [1.54, 1.807) is 7.11 Å². The molecule has 4 nitrogen and oxygen atoms in total. The van der Waals surface area contributed by atoms with Crippen LogP contribution in [0.15, 0.2) is 60.8 Å². The number of aromatic nitrogens is 1. The van der Waals surface area contributed by atoms with Crippen molar-refractivity contribution in [1.82, 2.24) is 15.2 Å². The van der Waals surface area contributed by atoms with Crippen LogP contribution in [0.1, 0.15) is 31.0 Å². The van der Waals surface area contributed by atoms with Gasteiger partial charge in [-0.3, -0.25) is 9.88 Å². The standard InChI is InChI=1S/C23H27N3O/c1-23(2)16-24-13-14-26(23)22(17-7-6-8-18(15-17)27-3)20-11-12-25-21-10-5-4-9-19(20)21/h4-12,15,22,24H,13-14,16H2,1-3H3. The molecule has 0 aliphatic carbocycles. The summed E-state index contributed by atoms with van der Waals surface area (Å²) in [6.07, 6.45) is 1.93. The highest BCUT2D eigenvalue weighted by molar-refractivity contribution is 5.82. The van der Waals surface area contributed by atoms with Crippen LogP contribution >= 0.6 is 0 Å². The van der Waals surface area contributed by atoms with Crippen molar-refractivity contribution in [3.05, 3.63) is 71.9 Å². The van der Waals surface area contributed by atoms with E-state index in [0.29, 0.717) is 0 Å². The molecule has 1 fully saturated rings. The Kier molecular flexibility index (Phi) is 4.85. The number of hydrogen-bond acceptors (Lipinski definition) is 4. The number of pyridine rings is 1. The van der Waals surface area contributed by atoms with Gasteiger partial charge in [-0.05, 0) is 49.2 Å². The molecule has 3 aromatic rings. The zero-order chi connectivity index (χ0) is 18.9. The molecule has 4 rings (SSSR count). The van der Waals surface area contributed by atoms with Crippen molar-refractivity contribution in [2.45, 2.75) is 25.4 Å². The van der Waals surface area contributed by atoms with Gasteiger partial charge in [0.2, 0.25) is 0 Å². The lowest BCUT2D eigenvalue weighted by Gasteiger charge is -2.47. The molecular weight excluding hydrogens is 334 g/mol. The third kappa shape index (κ3) is 3.43. The highest BCUT2D eigenvalue weighted by atomic mass is 16.5. The van der Waals surface area contributed by atoms with Crippen LogP contribution < -0.4 is 10.1 Å². The van der Waals surface area contributed by atoms with E-state index in [9.17, 15) is 0 Å². The molecule has 1 aromatic heterocycles. The molecule has 1 N–H and O–H groups in total. The van der Waals surface area contributed by atoms with Crippen LogP contribution in [-0.2, 0) is 0 Å². The predicted octanol–water partition coefficient (Wildman–Crippen LogP) is 4.02. The van der Waals surface area contributed by atoms with Crippen LogP contribution in [-0.4, -0.2) is 42.2 Å². The van der Waals surface area contributed by atoms with Gasteiger partial charge in [-0.15, -0.1) is 0 Å². The summed E-state index contributed by atoms with van der Waals surface area (Å²) in [6, 6.07) is 19.2. The molecule has 2 heterocycles. The summed E-state index contributed by atoms with van der Waals surface area (Å²) in [4.78, 5) is 7.19. The highest BCUT2D eigenvalue weighted by Gasteiger charge is 2.37. The fraction of sp³-hybridized carbons (Fsp3) is 0.348. The van der Waals surface area contributed by atoms with Crippen molar-refractivity contribution in [3.63, 3.8) is 0 Å². The SMILES string of the molecule is COc1cccc(C(c2ccnc3ccccc23)N2CCNCC2(C)C)c1. The van der Waals surface area contributed by atoms with Gasteiger partial charge >= 0.3 is 0 Å². The molecule has 2 aromatic carbocycles. The molecule has 1 saturated heterocycles. The van der Waals surface area contributed by atoms with Gasteiger partial charge in [-0.25, -0.2) is 0 Å². The van der Waals surface area contributed by atoms with E-state index in [2.05, 4.69) is 77.6 Å². The molecule has 1 unspecified atom stereocenters. The number of ether oxygens (including phenoxy) is 1. The second kappa shape index (κ2) is 7.29. The minimum atomic E-state index is 0.0381. The first-order valence-electron chi connectivity index (χ1n) is 9.55. The van der Waals surface area contributed by atoms with Gasteiger partial charge in [0.1, 0.15) is 5.75 Å². The molecule has 0 saturated carbocycles. The van der Waals surface area contributed by atoms with Gasteiger partial charge < -0.3 is 10.1 Å². The van der Waals surface area contributed by atoms with Crippen LogP contribution in [0.5, 0.6) is 5.75 Å². The zero-order valence-electron chi connectivity index (χ0n) is 16.3. The van der Waals surface area contributed by atoms with Gasteiger partial charge in [-0.2, -0.15) is 0 Å². The fourth-order valence-corrected chi connectivity index (χ4v) is 4.17. The van der Waals surface area contributed by atoms with Crippen molar-refractivity contribution < 1.29 is 4.74 Å². The van der Waals surface area contributed by atoms with E-state index in [1.165, 1.54) is 16.5 Å². The van der Waals surface area contributed by atoms with Gasteiger partial charge in [0, 0.05) is 36.8 Å². The lowest BCUT2D eigenvalue weighted by molar-refractivity contribution is 0.0605. The quantitative estimate of drug-likeness (QED) is 0.762. The number of nitrogens with zero attached hydrogens (tertiary/aromatic N) is 2. The van der Waals surface area contributed by atoms with Crippen molar-refractivity contribution in [2.24, 2.45) is 0 Å². The Bertz CT molecular complexity index is 932. The first-order chi connectivity index (χ1) is 13.1. The summed E-state index contributed by atoms with van der Waals surface area (Å²) in [5.74, 6) is 0.892. The van der Waals surface area contributed by atoms with E-state index in [0.717, 1.165) is 30.9 Å². The number of hydrogen-bond donors (Lipinski definition) is 1. The van der Waals surface area contributed by atoms with Crippen LogP contribution in [0, 0.1) is 0 Å². The van der Waals surface area contributed by atoms with Crippen LogP contribution in [0.2, 0.25) is 0 Å². The predicted molar refractivity (Wildman–Crippen MR) is 110 cm³/mol. The van der Waals surface area contributed by atoms with E-state index in [-0.39, 0.29) is 11.6 Å². The lowest BCUT2D eigenvalue weighted by atomic mass is 9.88. The van der Waals surface area contributed by atoms with Crippen molar-refractivity contribution in [2.75, 3.05) is 26.7 Å². The molecule has 1 atom stereocenters. The summed E-state index contributed by atoms with van der Waals surface area (Å²) >= 11 is 0. The summed E-state index contributed by atoms with van der Waals surface area (Å²) < 4.78 is 5.52. The summed E-state index contributed by atoms with van der Waals surface area (Å²) in [5, 5.41) is 4.75. The first-order valence-corrected chi connectivity index (χ1v) is 9.55. The van der Waals surface area contributed by atoms with Gasteiger partial charge in [0.15, 0.2) is 0 Å². The maximum Gasteiger partial charge on any atom is 0.119 e. The molecule has 0 spiro atoms. The molecule has 27 heavy (non-hydrogen) atoms. The molecule has 0 amide bonds. The van der Waals surface area contributed by atoms with Crippen molar-refractivity contribution in [3.8, 4) is 5.75 Å². The average molecular weight is 361 g/mol. The smallest absolute Gasteiger partial charge is 0.119 e. The van der Waals surface area contributed by atoms with Crippen LogP contribution in [0.4, 0.5) is 0 Å². The van der Waals surface area contributed by atoms with Crippen LogP contribution in [0.3, 0.4) is 0 Å². The highest BCUT2D eigenvalue weighted by Crippen LogP contribution is 2.38. The molecule has 0 radical (unpaired) electrons. The Morgan fingerprint density at radius 1 is 1.11 bits per heavy atom. The summed E-state index contributed by atoms with van der Waals surface area (Å²) in [5.41, 5.74) is 3.62. The third-order valence-corrected chi connectivity index (χ3v) is 5.56. The van der Waals surface area contributed by atoms with E-state index < -0.39 is 0 Å². The topological polar surface area (TPSA) is 37.4 Å². The average Bonchev–Trinajstić information content (AvgIpc) is 2.69. The minimum Gasteiger partial charge on any atom is -0.497 e. The molecule has 4 heteroatoms. The number of benzene rings is 2. The largest absolute Gasteiger partial charge is 0.497 e. The molecule has 140 valence electrons. The first kappa shape index (κ1) is 18.0. The second-order valence-corrected chi connectivity index (χ2v) is 7.78. The van der Waals surface area contributed by atoms with Crippen LogP contribution in [0.25, 0.3) is 10.9 Å². The summed E-state index contributed by atoms with van der Waals surface area (Å²) in [6.45, 7) is 7.58. The maximum absolute atomic E-state index is 5.52. The number of para-hydroxylation sites is 1. The third-order valence-electron chi connectivity index (χ3n) is 5.56. The number of nitrogens with one attached hydrogen (secondary N) is 1. The number of fused-ring (bicyclic) bond motifs is 1. The molecular formula is C23H27N3O. The molecule has 1 aliphatic rings. The van der Waals surface area contributed by atoms with E-state index in [1.807, 2.05) is 12.3 Å². The normalized spacial score (nSPS) is 18.3. The van der Waals surface area contributed by atoms with E-state index >= 15 is 0 Å². The summed E-state index contributed by atoms with van der Waals surface area (Å²) in [7, 11) is 1.73. The number of piperazine rings is 1. The van der Waals surface area contributed by atoms with Gasteiger partial charge in [0.25, 0.3) is 0 Å². The number of rotatable bonds is 4. The Labute approximate surface area is 161 Å². The molecule has 1 aliphatic heterocycles. The Balaban J connectivity index is 1.92. The minimum absolute atomic E-state index is 0.0381. The Morgan fingerprint density at radius 2 is 1.96 bits per heavy atom. The van der Waals surface area contributed by atoms with Crippen molar-refractivity contribution in [1.29, 1.82) is 0 Å². The number of methoxy groups -OCH3 is 1. The lowest BCUT2D eigenvalue weighted by Crippen LogP contribution is -2.58. The maximum atomic E-state index is 5.52. The zero-order valence-corrected chi connectivity index (χ0v) is 16.3. The Morgan fingerprint density at radius 3 is 2.78 bits per heavy atom. The Hall–Kier alpha value is -2.43. The van der Waals surface area contributed by atoms with Gasteiger partial charge in [0.05, 0.1) is 18.7 Å². The molecule has 0 bridgehead atoms. The fourth-order valence-electron chi connectivity index (χ4n) is 4.17. The van der Waals surface area contributed by atoms with Crippen molar-refractivity contribution >= 4 is 10.9 Å².